The number of rotatable bonds is 5. The minimum absolute atomic E-state index is 0.211. The molecule has 118 valence electrons. The summed E-state index contributed by atoms with van der Waals surface area (Å²) < 4.78 is 29.2. The Hall–Kier alpha value is -2.25. The lowest BCUT2D eigenvalue weighted by molar-refractivity contribution is 0.601. The summed E-state index contributed by atoms with van der Waals surface area (Å²) in [5.41, 5.74) is 1.35. The molecule has 0 fully saturated rings. The van der Waals surface area contributed by atoms with Crippen LogP contribution in [-0.4, -0.2) is 24.5 Å². The van der Waals surface area contributed by atoms with Gasteiger partial charge in [0.2, 0.25) is 0 Å². The average Bonchev–Trinajstić information content (AvgIpc) is 3.09. The van der Waals surface area contributed by atoms with E-state index in [0.717, 1.165) is 10.6 Å². The molecule has 1 N–H and O–H groups in total. The molecule has 0 radical (unpaired) electrons. The van der Waals surface area contributed by atoms with Crippen LogP contribution < -0.4 is 4.72 Å². The fourth-order valence-electron chi connectivity index (χ4n) is 2.10. The molecule has 0 bridgehead atoms. The number of sulfonamides is 1. The van der Waals surface area contributed by atoms with Gasteiger partial charge in [-0.3, -0.25) is 4.72 Å². The lowest BCUT2D eigenvalue weighted by Gasteiger charge is -2.10. The van der Waals surface area contributed by atoms with Crippen molar-refractivity contribution in [2.75, 3.05) is 11.0 Å². The van der Waals surface area contributed by atoms with E-state index in [1.54, 1.807) is 65.2 Å². The number of thioether (sulfide) groups is 1. The molecule has 0 aliphatic heterocycles. The number of hydrogen-bond acceptors (Lipinski definition) is 4. The highest BCUT2D eigenvalue weighted by atomic mass is 32.2. The third-order valence-corrected chi connectivity index (χ3v) is 5.36. The molecule has 2 aromatic carbocycles. The second-order valence-corrected chi connectivity index (χ2v) is 7.34. The summed E-state index contributed by atoms with van der Waals surface area (Å²) in [6.07, 6.45) is 5.42. The molecule has 0 aliphatic carbocycles. The van der Waals surface area contributed by atoms with E-state index < -0.39 is 10.0 Å². The van der Waals surface area contributed by atoms with Crippen LogP contribution in [-0.2, 0) is 10.0 Å². The minimum Gasteiger partial charge on any atom is -0.280 e. The Morgan fingerprint density at radius 2 is 1.87 bits per heavy atom. The van der Waals surface area contributed by atoms with Crippen LogP contribution in [0.25, 0.3) is 5.69 Å². The normalized spacial score (nSPS) is 11.3. The van der Waals surface area contributed by atoms with Gasteiger partial charge in [0.25, 0.3) is 10.0 Å². The first kappa shape index (κ1) is 15.6. The molecule has 0 spiro atoms. The van der Waals surface area contributed by atoms with E-state index in [-0.39, 0.29) is 4.90 Å². The zero-order valence-corrected chi connectivity index (χ0v) is 14.0. The molecule has 0 atom stereocenters. The lowest BCUT2D eigenvalue weighted by atomic mass is 10.3. The maximum atomic E-state index is 12.5. The fraction of sp³-hybridized carbons (Fsp3) is 0.0625. The van der Waals surface area contributed by atoms with Crippen LogP contribution in [0.1, 0.15) is 0 Å². The second-order valence-electron chi connectivity index (χ2n) is 4.78. The van der Waals surface area contributed by atoms with Crippen LogP contribution >= 0.6 is 11.8 Å². The Bertz CT molecular complexity index is 889. The summed E-state index contributed by atoms with van der Waals surface area (Å²) in [5.74, 6) is 0. The highest BCUT2D eigenvalue weighted by Gasteiger charge is 2.14. The van der Waals surface area contributed by atoms with Crippen molar-refractivity contribution in [3.05, 3.63) is 67.0 Å². The van der Waals surface area contributed by atoms with Gasteiger partial charge in [-0.2, -0.15) is 5.10 Å². The van der Waals surface area contributed by atoms with E-state index in [4.69, 9.17) is 0 Å². The molecular formula is C16H15N3O2S2. The predicted octanol–water partition coefficient (Wildman–Crippen LogP) is 3.40. The number of nitrogens with zero attached hydrogens (tertiary/aromatic N) is 2. The topological polar surface area (TPSA) is 64.0 Å². The SMILES string of the molecule is CSc1cccc(NS(=O)(=O)c2ccc(-n3cccn3)cc2)c1. The van der Waals surface area contributed by atoms with Crippen molar-refractivity contribution in [2.45, 2.75) is 9.79 Å². The van der Waals surface area contributed by atoms with E-state index >= 15 is 0 Å². The van der Waals surface area contributed by atoms with Crippen molar-refractivity contribution in [3.8, 4) is 5.69 Å². The molecule has 0 saturated carbocycles. The number of aromatic nitrogens is 2. The van der Waals surface area contributed by atoms with E-state index in [2.05, 4.69) is 9.82 Å². The molecule has 0 aliphatic rings. The summed E-state index contributed by atoms with van der Waals surface area (Å²) in [6, 6.07) is 15.7. The van der Waals surface area contributed by atoms with Gasteiger partial charge in [0.05, 0.1) is 10.6 Å². The van der Waals surface area contributed by atoms with Crippen LogP contribution in [0, 0.1) is 0 Å². The van der Waals surface area contributed by atoms with Crippen LogP contribution in [0.4, 0.5) is 5.69 Å². The van der Waals surface area contributed by atoms with Gasteiger partial charge in [0, 0.05) is 23.0 Å². The molecule has 1 aromatic heterocycles. The van der Waals surface area contributed by atoms with Gasteiger partial charge in [-0.1, -0.05) is 6.07 Å². The molecule has 5 nitrogen and oxygen atoms in total. The van der Waals surface area contributed by atoms with Gasteiger partial charge in [0.15, 0.2) is 0 Å². The second kappa shape index (κ2) is 6.47. The summed E-state index contributed by atoms with van der Waals surface area (Å²) in [5, 5.41) is 4.11. The standard InChI is InChI=1S/C16H15N3O2S2/c1-22-15-5-2-4-13(12-15)18-23(20,21)16-8-6-14(7-9-16)19-11-3-10-17-19/h2-12,18H,1H3. The van der Waals surface area contributed by atoms with E-state index in [9.17, 15) is 8.42 Å². The third-order valence-electron chi connectivity index (χ3n) is 3.24. The van der Waals surface area contributed by atoms with Crippen molar-refractivity contribution in [2.24, 2.45) is 0 Å². The Labute approximate surface area is 139 Å². The Kier molecular flexibility index (Phi) is 4.40. The maximum Gasteiger partial charge on any atom is 0.261 e. The van der Waals surface area contributed by atoms with Crippen LogP contribution in [0.15, 0.2) is 76.8 Å². The highest BCUT2D eigenvalue weighted by Crippen LogP contribution is 2.22. The molecule has 7 heteroatoms. The molecule has 23 heavy (non-hydrogen) atoms. The largest absolute Gasteiger partial charge is 0.280 e. The zero-order chi connectivity index (χ0) is 16.3. The number of hydrogen-bond donors (Lipinski definition) is 1. The van der Waals surface area contributed by atoms with Crippen LogP contribution in [0.2, 0.25) is 0 Å². The molecule has 3 aromatic rings. The number of nitrogens with one attached hydrogen (secondary N) is 1. The molecule has 0 amide bonds. The third kappa shape index (κ3) is 3.57. The highest BCUT2D eigenvalue weighted by molar-refractivity contribution is 7.98. The van der Waals surface area contributed by atoms with Crippen molar-refractivity contribution in [3.63, 3.8) is 0 Å². The van der Waals surface area contributed by atoms with Crippen molar-refractivity contribution >= 4 is 27.5 Å². The molecule has 3 rings (SSSR count). The monoisotopic (exact) mass is 345 g/mol. The van der Waals surface area contributed by atoms with Gasteiger partial charge < -0.3 is 0 Å². The quantitative estimate of drug-likeness (QED) is 0.720. The summed E-state index contributed by atoms with van der Waals surface area (Å²) in [6.45, 7) is 0. The first-order valence-electron chi connectivity index (χ1n) is 6.85. The number of benzene rings is 2. The Morgan fingerprint density at radius 1 is 1.09 bits per heavy atom. The van der Waals surface area contributed by atoms with E-state index in [1.165, 1.54) is 0 Å². The Morgan fingerprint density at radius 3 is 2.52 bits per heavy atom. The van der Waals surface area contributed by atoms with Gasteiger partial charge in [0.1, 0.15) is 0 Å². The number of anilines is 1. The van der Waals surface area contributed by atoms with E-state index in [0.29, 0.717) is 5.69 Å². The summed E-state index contributed by atoms with van der Waals surface area (Å²) in [7, 11) is -3.61. The smallest absolute Gasteiger partial charge is 0.261 e. The maximum absolute atomic E-state index is 12.5. The average molecular weight is 345 g/mol. The van der Waals surface area contributed by atoms with Crippen molar-refractivity contribution < 1.29 is 8.42 Å². The molecule has 0 unspecified atom stereocenters. The van der Waals surface area contributed by atoms with E-state index in [1.807, 2.05) is 24.5 Å². The first-order valence-corrected chi connectivity index (χ1v) is 9.56. The van der Waals surface area contributed by atoms with Crippen molar-refractivity contribution in [1.82, 2.24) is 9.78 Å². The minimum atomic E-state index is -3.61. The molecule has 1 heterocycles. The first-order chi connectivity index (χ1) is 11.1. The summed E-state index contributed by atoms with van der Waals surface area (Å²) in [4.78, 5) is 1.21. The molecular weight excluding hydrogens is 330 g/mol. The zero-order valence-electron chi connectivity index (χ0n) is 12.4. The Balaban J connectivity index is 1.84. The van der Waals surface area contributed by atoms with Gasteiger partial charge in [-0.05, 0) is 54.8 Å². The summed E-state index contributed by atoms with van der Waals surface area (Å²) >= 11 is 1.56. The van der Waals surface area contributed by atoms with Gasteiger partial charge in [-0.15, -0.1) is 11.8 Å². The van der Waals surface area contributed by atoms with Gasteiger partial charge >= 0.3 is 0 Å². The predicted molar refractivity (Wildman–Crippen MR) is 92.6 cm³/mol. The lowest BCUT2D eigenvalue weighted by Crippen LogP contribution is -2.13. The fourth-order valence-corrected chi connectivity index (χ4v) is 3.61. The molecule has 0 saturated heterocycles. The van der Waals surface area contributed by atoms with Crippen LogP contribution in [0.3, 0.4) is 0 Å². The van der Waals surface area contributed by atoms with Crippen molar-refractivity contribution in [1.29, 1.82) is 0 Å². The van der Waals surface area contributed by atoms with Gasteiger partial charge in [-0.25, -0.2) is 13.1 Å². The van der Waals surface area contributed by atoms with Crippen LogP contribution in [0.5, 0.6) is 0 Å².